The Morgan fingerprint density at radius 1 is 1.35 bits per heavy atom. The van der Waals surface area contributed by atoms with E-state index in [0.29, 0.717) is 10.6 Å². The van der Waals surface area contributed by atoms with Crippen molar-refractivity contribution in [3.05, 3.63) is 60.8 Å². The molecule has 1 aromatic heterocycles. The Kier molecular flexibility index (Phi) is 4.42. The quantitative estimate of drug-likeness (QED) is 0.671. The summed E-state index contributed by atoms with van der Waals surface area (Å²) in [7, 11) is 0. The van der Waals surface area contributed by atoms with Crippen LogP contribution in [0.2, 0.25) is 5.02 Å². The predicted octanol–water partition coefficient (Wildman–Crippen LogP) is 4.42. The normalized spacial score (nSPS) is 14.0. The number of hydrogen-bond donors (Lipinski definition) is 1. The number of nitrogens with two attached hydrogens (primary N) is 1. The van der Waals surface area contributed by atoms with Gasteiger partial charge in [0.1, 0.15) is 0 Å². The Balaban J connectivity index is 2.41. The van der Waals surface area contributed by atoms with E-state index >= 15 is 0 Å². The molecule has 106 valence electrons. The van der Waals surface area contributed by atoms with Crippen LogP contribution in [0.15, 0.2) is 29.6 Å². The van der Waals surface area contributed by atoms with Gasteiger partial charge in [0, 0.05) is 33.5 Å². The second kappa shape index (κ2) is 5.91. The molecule has 2 unspecified atom stereocenters. The van der Waals surface area contributed by atoms with E-state index in [4.69, 9.17) is 17.3 Å². The van der Waals surface area contributed by atoms with Crippen LogP contribution in [0.25, 0.3) is 0 Å². The Bertz CT molecular complexity index is 642. The number of nitrogens with zero attached hydrogens (tertiary/aromatic N) is 1. The highest BCUT2D eigenvalue weighted by Crippen LogP contribution is 2.37. The zero-order chi connectivity index (χ0) is 14.9. The van der Waals surface area contributed by atoms with Crippen LogP contribution < -0.4 is 5.73 Å². The van der Waals surface area contributed by atoms with Gasteiger partial charge >= 0.3 is 0 Å². The Morgan fingerprint density at radius 2 is 2.05 bits per heavy atom. The first kappa shape index (κ1) is 15.0. The second-order valence-corrected chi connectivity index (χ2v) is 6.26. The largest absolute Gasteiger partial charge is 0.323 e. The van der Waals surface area contributed by atoms with E-state index in [9.17, 15) is 10.1 Å². The lowest BCUT2D eigenvalue weighted by Crippen LogP contribution is -2.18. The first-order chi connectivity index (χ1) is 9.41. The minimum atomic E-state index is -0.412. The number of thiophene rings is 1. The van der Waals surface area contributed by atoms with Gasteiger partial charge in [-0.1, -0.05) is 24.6 Å². The predicted molar refractivity (Wildman–Crippen MR) is 82.5 cm³/mol. The van der Waals surface area contributed by atoms with Gasteiger partial charge in [0.2, 0.25) is 0 Å². The summed E-state index contributed by atoms with van der Waals surface area (Å²) in [5.74, 6) is -0.166. The van der Waals surface area contributed by atoms with Crippen molar-refractivity contribution in [2.24, 2.45) is 5.73 Å². The van der Waals surface area contributed by atoms with E-state index in [0.717, 1.165) is 10.4 Å². The molecule has 0 spiro atoms. The zero-order valence-corrected chi connectivity index (χ0v) is 12.7. The van der Waals surface area contributed by atoms with E-state index in [1.165, 1.54) is 6.07 Å². The molecule has 0 amide bonds. The molecule has 0 saturated heterocycles. The molecule has 0 saturated carbocycles. The lowest BCUT2D eigenvalue weighted by Gasteiger charge is -2.20. The van der Waals surface area contributed by atoms with Crippen molar-refractivity contribution < 1.29 is 4.92 Å². The average molecular weight is 311 g/mol. The lowest BCUT2D eigenvalue weighted by atomic mass is 9.88. The molecule has 0 fully saturated rings. The van der Waals surface area contributed by atoms with Crippen molar-refractivity contribution >= 4 is 28.6 Å². The number of halogens is 1. The standard InChI is InChI=1S/C14H15ClN2O2S/c1-8(14(16)12-5-6-20-9(12)2)11-4-3-10(15)7-13(11)17(18)19/h3-8,14H,16H2,1-2H3. The van der Waals surface area contributed by atoms with Crippen molar-refractivity contribution in [1.82, 2.24) is 0 Å². The van der Waals surface area contributed by atoms with Crippen LogP contribution in [0.1, 0.15) is 34.9 Å². The van der Waals surface area contributed by atoms with Crippen LogP contribution in [0.3, 0.4) is 0 Å². The smallest absolute Gasteiger partial charge is 0.274 e. The van der Waals surface area contributed by atoms with Crippen LogP contribution in [-0.4, -0.2) is 4.92 Å². The second-order valence-electron chi connectivity index (χ2n) is 4.71. The Labute approximate surface area is 126 Å². The number of aryl methyl sites for hydroxylation is 1. The molecule has 1 aromatic carbocycles. The molecular weight excluding hydrogens is 296 g/mol. The van der Waals surface area contributed by atoms with Gasteiger partial charge in [-0.3, -0.25) is 10.1 Å². The van der Waals surface area contributed by atoms with Crippen LogP contribution in [0.5, 0.6) is 0 Å². The van der Waals surface area contributed by atoms with Crippen LogP contribution in [0, 0.1) is 17.0 Å². The molecule has 0 bridgehead atoms. The molecule has 4 nitrogen and oxygen atoms in total. The summed E-state index contributed by atoms with van der Waals surface area (Å²) in [6.07, 6.45) is 0. The minimum Gasteiger partial charge on any atom is -0.323 e. The maximum atomic E-state index is 11.2. The van der Waals surface area contributed by atoms with Gasteiger partial charge in [-0.15, -0.1) is 11.3 Å². The summed E-state index contributed by atoms with van der Waals surface area (Å²) in [5.41, 5.74) is 7.94. The molecule has 0 radical (unpaired) electrons. The summed E-state index contributed by atoms with van der Waals surface area (Å²) in [6, 6.07) is 6.42. The third kappa shape index (κ3) is 2.85. The monoisotopic (exact) mass is 310 g/mol. The van der Waals surface area contributed by atoms with Crippen molar-refractivity contribution in [2.45, 2.75) is 25.8 Å². The molecule has 6 heteroatoms. The number of nitro benzene ring substituents is 1. The summed E-state index contributed by atoms with van der Waals surface area (Å²) in [6.45, 7) is 3.90. The zero-order valence-electron chi connectivity index (χ0n) is 11.2. The third-order valence-electron chi connectivity index (χ3n) is 3.48. The van der Waals surface area contributed by atoms with Gasteiger partial charge in [0.05, 0.1) is 4.92 Å². The molecule has 0 aliphatic carbocycles. The minimum absolute atomic E-state index is 0.0216. The highest BCUT2D eigenvalue weighted by atomic mass is 35.5. The molecule has 1 heterocycles. The van der Waals surface area contributed by atoms with Gasteiger partial charge < -0.3 is 5.73 Å². The van der Waals surface area contributed by atoms with Gasteiger partial charge in [0.25, 0.3) is 5.69 Å². The summed E-state index contributed by atoms with van der Waals surface area (Å²) in [4.78, 5) is 11.9. The van der Waals surface area contributed by atoms with E-state index in [2.05, 4.69) is 0 Å². The Hall–Kier alpha value is -1.43. The fraction of sp³-hybridized carbons (Fsp3) is 0.286. The molecule has 2 N–H and O–H groups in total. The number of rotatable bonds is 4. The maximum Gasteiger partial charge on any atom is 0.274 e. The van der Waals surface area contributed by atoms with E-state index in [1.807, 2.05) is 25.3 Å². The van der Waals surface area contributed by atoms with Crippen molar-refractivity contribution in [3.63, 3.8) is 0 Å². The van der Waals surface area contributed by atoms with Crippen molar-refractivity contribution in [3.8, 4) is 0 Å². The molecular formula is C14H15ClN2O2S. The molecule has 2 atom stereocenters. The summed E-state index contributed by atoms with van der Waals surface area (Å²) in [5, 5.41) is 13.5. The fourth-order valence-corrected chi connectivity index (χ4v) is 3.19. The van der Waals surface area contributed by atoms with Gasteiger partial charge in [-0.2, -0.15) is 0 Å². The summed E-state index contributed by atoms with van der Waals surface area (Å²) < 4.78 is 0. The SMILES string of the molecule is Cc1sccc1C(N)C(C)c1ccc(Cl)cc1[N+](=O)[O-]. The van der Waals surface area contributed by atoms with E-state index in [-0.39, 0.29) is 17.6 Å². The average Bonchev–Trinajstić information content (AvgIpc) is 2.83. The molecule has 2 rings (SSSR count). The van der Waals surface area contributed by atoms with Gasteiger partial charge in [-0.25, -0.2) is 0 Å². The highest BCUT2D eigenvalue weighted by Gasteiger charge is 2.25. The van der Waals surface area contributed by atoms with E-state index in [1.54, 1.807) is 23.5 Å². The topological polar surface area (TPSA) is 69.2 Å². The molecule has 2 aromatic rings. The third-order valence-corrected chi connectivity index (χ3v) is 4.57. The fourth-order valence-electron chi connectivity index (χ4n) is 2.26. The summed E-state index contributed by atoms with van der Waals surface area (Å²) >= 11 is 7.46. The molecule has 0 aliphatic heterocycles. The van der Waals surface area contributed by atoms with Gasteiger partial charge in [-0.05, 0) is 30.0 Å². The lowest BCUT2D eigenvalue weighted by molar-refractivity contribution is -0.385. The number of nitro groups is 1. The first-order valence-electron chi connectivity index (χ1n) is 6.15. The first-order valence-corrected chi connectivity index (χ1v) is 7.41. The maximum absolute atomic E-state index is 11.2. The highest BCUT2D eigenvalue weighted by molar-refractivity contribution is 7.10. The van der Waals surface area contributed by atoms with Gasteiger partial charge in [0.15, 0.2) is 0 Å². The van der Waals surface area contributed by atoms with Crippen LogP contribution >= 0.6 is 22.9 Å². The van der Waals surface area contributed by atoms with Crippen molar-refractivity contribution in [1.29, 1.82) is 0 Å². The Morgan fingerprint density at radius 3 is 2.60 bits per heavy atom. The molecule has 20 heavy (non-hydrogen) atoms. The number of benzene rings is 1. The molecule has 0 aliphatic rings. The number of hydrogen-bond acceptors (Lipinski definition) is 4. The van der Waals surface area contributed by atoms with E-state index < -0.39 is 4.92 Å². The van der Waals surface area contributed by atoms with Crippen LogP contribution in [-0.2, 0) is 0 Å². The van der Waals surface area contributed by atoms with Crippen LogP contribution in [0.4, 0.5) is 5.69 Å². The van der Waals surface area contributed by atoms with Crippen molar-refractivity contribution in [2.75, 3.05) is 0 Å².